The summed E-state index contributed by atoms with van der Waals surface area (Å²) in [4.78, 5) is 13.7. The van der Waals surface area contributed by atoms with Gasteiger partial charge in [0.05, 0.1) is 27.9 Å². The van der Waals surface area contributed by atoms with Crippen LogP contribution in [0.4, 0.5) is 4.79 Å². The zero-order chi connectivity index (χ0) is 18.4. The van der Waals surface area contributed by atoms with Crippen molar-refractivity contribution in [3.05, 3.63) is 22.8 Å². The third-order valence-corrected chi connectivity index (χ3v) is 4.55. The van der Waals surface area contributed by atoms with Gasteiger partial charge in [0, 0.05) is 35.9 Å². The van der Waals surface area contributed by atoms with Crippen molar-refractivity contribution in [1.82, 2.24) is 10.2 Å². The van der Waals surface area contributed by atoms with Crippen molar-refractivity contribution >= 4 is 6.09 Å². The molecule has 1 aliphatic heterocycles. The summed E-state index contributed by atoms with van der Waals surface area (Å²) in [6, 6.07) is 1.96. The van der Waals surface area contributed by atoms with Crippen LogP contribution in [0.1, 0.15) is 30.0 Å². The maximum atomic E-state index is 12.0. The van der Waals surface area contributed by atoms with Crippen molar-refractivity contribution in [2.45, 2.75) is 38.9 Å². The van der Waals surface area contributed by atoms with Crippen LogP contribution in [0.2, 0.25) is 0 Å². The Morgan fingerprint density at radius 1 is 1.32 bits per heavy atom. The lowest BCUT2D eigenvalue weighted by atomic mass is 9.91. The Hall–Kier alpha value is -1.99. The van der Waals surface area contributed by atoms with Crippen LogP contribution >= 0.6 is 0 Å². The fourth-order valence-corrected chi connectivity index (χ4v) is 3.27. The molecule has 0 spiro atoms. The average Bonchev–Trinajstić information content (AvgIpc) is 2.63. The van der Waals surface area contributed by atoms with Crippen LogP contribution in [0.3, 0.4) is 0 Å². The molecule has 0 aromatic heterocycles. The van der Waals surface area contributed by atoms with E-state index in [1.807, 2.05) is 13.0 Å². The molecule has 0 bridgehead atoms. The van der Waals surface area contributed by atoms with Gasteiger partial charge in [-0.1, -0.05) is 0 Å². The van der Waals surface area contributed by atoms with E-state index in [4.69, 9.17) is 19.3 Å². The molecule has 0 fully saturated rings. The van der Waals surface area contributed by atoms with Crippen LogP contribution in [0.15, 0.2) is 6.07 Å². The largest absolute Gasteiger partial charge is 0.496 e. The molecule has 1 amide bonds. The monoisotopic (exact) mass is 352 g/mol. The molecule has 0 saturated carbocycles. The van der Waals surface area contributed by atoms with Gasteiger partial charge in [0.15, 0.2) is 0 Å². The molecule has 1 aliphatic rings. The molecule has 25 heavy (non-hydrogen) atoms. The second-order valence-electron chi connectivity index (χ2n) is 6.13. The number of nitrogens with one attached hydrogen (secondary N) is 1. The highest BCUT2D eigenvalue weighted by molar-refractivity contribution is 5.69. The molecule has 0 radical (unpaired) electrons. The lowest BCUT2D eigenvalue weighted by Gasteiger charge is -2.35. The molecule has 2 rings (SSSR count). The zero-order valence-corrected chi connectivity index (χ0v) is 15.4. The Morgan fingerprint density at radius 3 is 2.68 bits per heavy atom. The van der Waals surface area contributed by atoms with E-state index in [2.05, 4.69) is 5.32 Å². The molecule has 140 valence electrons. The molecule has 1 atom stereocenters. The number of carbonyl (C=O) groups excluding carboxylic acids is 1. The first-order chi connectivity index (χ1) is 12.1. The molecule has 2 N–H and O–H groups in total. The van der Waals surface area contributed by atoms with E-state index in [0.29, 0.717) is 25.9 Å². The fraction of sp³-hybridized carbons (Fsp3) is 0.611. The van der Waals surface area contributed by atoms with Crippen molar-refractivity contribution in [2.75, 3.05) is 34.5 Å². The van der Waals surface area contributed by atoms with E-state index in [1.54, 1.807) is 19.1 Å². The molecular weight excluding hydrogens is 324 g/mol. The van der Waals surface area contributed by atoms with Gasteiger partial charge in [-0.2, -0.15) is 0 Å². The van der Waals surface area contributed by atoms with Crippen LogP contribution in [-0.4, -0.2) is 56.6 Å². The Morgan fingerprint density at radius 2 is 2.08 bits per heavy atom. The van der Waals surface area contributed by atoms with E-state index < -0.39 is 0 Å². The molecule has 1 heterocycles. The van der Waals surface area contributed by atoms with Crippen LogP contribution < -0.4 is 14.8 Å². The molecule has 7 heteroatoms. The predicted molar refractivity (Wildman–Crippen MR) is 94.1 cm³/mol. The predicted octanol–water partition coefficient (Wildman–Crippen LogP) is 1.69. The van der Waals surface area contributed by atoms with Crippen LogP contribution in [-0.2, 0) is 24.2 Å². The molecule has 7 nitrogen and oxygen atoms in total. The van der Waals surface area contributed by atoms with Crippen molar-refractivity contribution < 1.29 is 24.1 Å². The van der Waals surface area contributed by atoms with Gasteiger partial charge in [-0.25, -0.2) is 4.79 Å². The number of benzene rings is 1. The maximum Gasteiger partial charge on any atom is 0.410 e. The Labute approximate surface area is 148 Å². The van der Waals surface area contributed by atoms with Gasteiger partial charge in [0.2, 0.25) is 0 Å². The van der Waals surface area contributed by atoms with Gasteiger partial charge in [-0.15, -0.1) is 0 Å². The standard InChI is InChI=1S/C18H28N2O5/c1-12-8-14-15(11-20(12)18(22)25-4)16(23-2)9-13(17(14)24-3)10-19-6-5-7-21/h9,12,19,21H,5-8,10-11H2,1-4H3. The number of ether oxygens (including phenoxy) is 3. The summed E-state index contributed by atoms with van der Waals surface area (Å²) in [7, 11) is 4.69. The lowest BCUT2D eigenvalue weighted by molar-refractivity contribution is 0.0993. The molecule has 0 aliphatic carbocycles. The van der Waals surface area contributed by atoms with Gasteiger partial charge in [-0.3, -0.25) is 0 Å². The smallest absolute Gasteiger partial charge is 0.410 e. The highest BCUT2D eigenvalue weighted by Crippen LogP contribution is 2.39. The Kier molecular flexibility index (Phi) is 6.90. The number of hydrogen-bond acceptors (Lipinski definition) is 6. The molecule has 1 aromatic carbocycles. The summed E-state index contributed by atoms with van der Waals surface area (Å²) in [5.41, 5.74) is 3.05. The van der Waals surface area contributed by atoms with Gasteiger partial charge in [0.25, 0.3) is 0 Å². The van der Waals surface area contributed by atoms with Crippen molar-refractivity contribution in [2.24, 2.45) is 0 Å². The summed E-state index contributed by atoms with van der Waals surface area (Å²) >= 11 is 0. The third-order valence-electron chi connectivity index (χ3n) is 4.55. The van der Waals surface area contributed by atoms with Crippen molar-refractivity contribution in [3.63, 3.8) is 0 Å². The normalized spacial score (nSPS) is 16.4. The second kappa shape index (κ2) is 8.92. The number of aliphatic hydroxyl groups excluding tert-OH is 1. The van der Waals surface area contributed by atoms with E-state index in [0.717, 1.165) is 34.7 Å². The minimum absolute atomic E-state index is 0.0103. The van der Waals surface area contributed by atoms with E-state index in [1.165, 1.54) is 7.11 Å². The summed E-state index contributed by atoms with van der Waals surface area (Å²) in [5.74, 6) is 1.58. The van der Waals surface area contributed by atoms with Crippen LogP contribution in [0.5, 0.6) is 11.5 Å². The first kappa shape index (κ1) is 19.3. The number of hydrogen-bond donors (Lipinski definition) is 2. The zero-order valence-electron chi connectivity index (χ0n) is 15.4. The summed E-state index contributed by atoms with van der Waals surface area (Å²) < 4.78 is 16.2. The number of amides is 1. The second-order valence-corrected chi connectivity index (χ2v) is 6.13. The number of carbonyl (C=O) groups is 1. The van der Waals surface area contributed by atoms with E-state index in [-0.39, 0.29) is 18.7 Å². The highest BCUT2D eigenvalue weighted by atomic mass is 16.5. The lowest BCUT2D eigenvalue weighted by Crippen LogP contribution is -2.42. The summed E-state index contributed by atoms with van der Waals surface area (Å²) in [6.45, 7) is 3.95. The fourth-order valence-electron chi connectivity index (χ4n) is 3.27. The van der Waals surface area contributed by atoms with Gasteiger partial charge in [0.1, 0.15) is 11.5 Å². The first-order valence-corrected chi connectivity index (χ1v) is 8.49. The van der Waals surface area contributed by atoms with Crippen LogP contribution in [0.25, 0.3) is 0 Å². The van der Waals surface area contributed by atoms with Gasteiger partial charge in [-0.05, 0) is 32.4 Å². The Balaban J connectivity index is 2.36. The minimum atomic E-state index is -0.339. The third kappa shape index (κ3) is 4.16. The van der Waals surface area contributed by atoms with Gasteiger partial charge < -0.3 is 29.5 Å². The quantitative estimate of drug-likeness (QED) is 0.727. The molecular formula is C18H28N2O5. The number of aliphatic hydroxyl groups is 1. The topological polar surface area (TPSA) is 80.3 Å². The highest BCUT2D eigenvalue weighted by Gasteiger charge is 2.32. The summed E-state index contributed by atoms with van der Waals surface area (Å²) in [6.07, 6.45) is 1.04. The number of rotatable bonds is 7. The summed E-state index contributed by atoms with van der Waals surface area (Å²) in [5, 5.41) is 12.2. The van der Waals surface area contributed by atoms with Crippen LogP contribution in [0, 0.1) is 0 Å². The average molecular weight is 352 g/mol. The number of fused-ring (bicyclic) bond motifs is 1. The van der Waals surface area contributed by atoms with Gasteiger partial charge >= 0.3 is 6.09 Å². The molecule has 1 aromatic rings. The van der Waals surface area contributed by atoms with E-state index in [9.17, 15) is 4.79 Å². The first-order valence-electron chi connectivity index (χ1n) is 8.49. The Bertz CT molecular complexity index is 606. The minimum Gasteiger partial charge on any atom is -0.496 e. The van der Waals surface area contributed by atoms with Crippen molar-refractivity contribution in [1.29, 1.82) is 0 Å². The van der Waals surface area contributed by atoms with Crippen molar-refractivity contribution in [3.8, 4) is 11.5 Å². The number of nitrogens with zero attached hydrogens (tertiary/aromatic N) is 1. The van der Waals surface area contributed by atoms with E-state index >= 15 is 0 Å². The SMILES string of the molecule is COC(=O)N1Cc2c(OC)cc(CNCCCO)c(OC)c2CC1C. The molecule has 0 saturated heterocycles. The molecule has 1 unspecified atom stereocenters. The maximum absolute atomic E-state index is 12.0. The number of methoxy groups -OCH3 is 3.